The van der Waals surface area contributed by atoms with Gasteiger partial charge in [-0.05, 0) is 55.1 Å². The van der Waals surface area contributed by atoms with Crippen molar-refractivity contribution in [2.24, 2.45) is 0 Å². The second-order valence-electron chi connectivity index (χ2n) is 5.03. The summed E-state index contributed by atoms with van der Waals surface area (Å²) in [4.78, 5) is 0. The maximum Gasteiger partial charge on any atom is 0.127 e. The highest BCUT2D eigenvalue weighted by Crippen LogP contribution is 2.27. The quantitative estimate of drug-likeness (QED) is 0.894. The average molecular weight is 253 g/mol. The van der Waals surface area contributed by atoms with E-state index < -0.39 is 0 Å². The molecule has 1 N–H and O–H groups in total. The van der Waals surface area contributed by atoms with Crippen molar-refractivity contribution in [2.75, 3.05) is 13.1 Å². The Kier molecular flexibility index (Phi) is 3.80. The van der Waals surface area contributed by atoms with Crippen LogP contribution in [0.4, 0.5) is 0 Å². The maximum atomic E-state index is 5.81. The summed E-state index contributed by atoms with van der Waals surface area (Å²) in [7, 11) is 0. The average Bonchev–Trinajstić information content (AvgIpc) is 2.50. The molecule has 2 nitrogen and oxygen atoms in total. The molecule has 2 heteroatoms. The van der Waals surface area contributed by atoms with Gasteiger partial charge in [0.1, 0.15) is 11.5 Å². The summed E-state index contributed by atoms with van der Waals surface area (Å²) >= 11 is 0. The van der Waals surface area contributed by atoms with Crippen LogP contribution in [0.25, 0.3) is 0 Å². The molecule has 1 aliphatic rings. The van der Waals surface area contributed by atoms with Crippen LogP contribution in [-0.4, -0.2) is 13.1 Å². The minimum atomic E-state index is 0.652. The van der Waals surface area contributed by atoms with Gasteiger partial charge < -0.3 is 10.1 Å². The van der Waals surface area contributed by atoms with Crippen molar-refractivity contribution in [3.8, 4) is 11.5 Å². The molecule has 1 aliphatic heterocycles. The molecule has 0 bridgehead atoms. The molecule has 0 radical (unpaired) electrons. The molecule has 2 aromatic rings. The highest BCUT2D eigenvalue weighted by Gasteiger charge is 2.14. The van der Waals surface area contributed by atoms with Crippen molar-refractivity contribution in [2.45, 2.75) is 18.8 Å². The number of benzene rings is 2. The van der Waals surface area contributed by atoms with Gasteiger partial charge in [-0.15, -0.1) is 0 Å². The molecule has 0 saturated carbocycles. The molecule has 1 atom stereocenters. The Morgan fingerprint density at radius 3 is 2.32 bits per heavy atom. The lowest BCUT2D eigenvalue weighted by atomic mass is 9.92. The largest absolute Gasteiger partial charge is 0.457 e. The van der Waals surface area contributed by atoms with E-state index in [0.717, 1.165) is 24.6 Å². The van der Waals surface area contributed by atoms with E-state index in [1.54, 1.807) is 0 Å². The van der Waals surface area contributed by atoms with Gasteiger partial charge in [0, 0.05) is 6.54 Å². The van der Waals surface area contributed by atoms with E-state index in [1.807, 2.05) is 30.3 Å². The number of hydrogen-bond donors (Lipinski definition) is 1. The van der Waals surface area contributed by atoms with Crippen LogP contribution in [0.2, 0.25) is 0 Å². The fraction of sp³-hybridized carbons (Fsp3) is 0.294. The zero-order valence-corrected chi connectivity index (χ0v) is 11.0. The van der Waals surface area contributed by atoms with E-state index in [4.69, 9.17) is 4.74 Å². The van der Waals surface area contributed by atoms with Crippen LogP contribution in [0.15, 0.2) is 54.6 Å². The number of hydrogen-bond acceptors (Lipinski definition) is 2. The zero-order valence-electron chi connectivity index (χ0n) is 11.0. The van der Waals surface area contributed by atoms with Crippen molar-refractivity contribution in [3.63, 3.8) is 0 Å². The van der Waals surface area contributed by atoms with Crippen molar-refractivity contribution in [3.05, 3.63) is 60.2 Å². The van der Waals surface area contributed by atoms with Crippen molar-refractivity contribution in [1.82, 2.24) is 5.32 Å². The van der Waals surface area contributed by atoms with Gasteiger partial charge in [-0.25, -0.2) is 0 Å². The van der Waals surface area contributed by atoms with Gasteiger partial charge in [0.05, 0.1) is 0 Å². The Bertz CT molecular complexity index is 501. The predicted molar refractivity (Wildman–Crippen MR) is 77.8 cm³/mol. The highest BCUT2D eigenvalue weighted by atomic mass is 16.5. The van der Waals surface area contributed by atoms with Gasteiger partial charge >= 0.3 is 0 Å². The van der Waals surface area contributed by atoms with Crippen LogP contribution < -0.4 is 10.1 Å². The predicted octanol–water partition coefficient (Wildman–Crippen LogP) is 3.95. The molecule has 0 amide bonds. The summed E-state index contributed by atoms with van der Waals surface area (Å²) in [5.74, 6) is 2.44. The Labute approximate surface area is 114 Å². The van der Waals surface area contributed by atoms with Crippen LogP contribution in [0.1, 0.15) is 24.3 Å². The third kappa shape index (κ3) is 3.15. The molecular formula is C17H19NO. The van der Waals surface area contributed by atoms with Crippen LogP contribution in [-0.2, 0) is 0 Å². The maximum absolute atomic E-state index is 5.81. The minimum Gasteiger partial charge on any atom is -0.457 e. The number of rotatable bonds is 3. The van der Waals surface area contributed by atoms with Crippen molar-refractivity contribution >= 4 is 0 Å². The van der Waals surface area contributed by atoms with Gasteiger partial charge in [0.25, 0.3) is 0 Å². The topological polar surface area (TPSA) is 21.3 Å². The van der Waals surface area contributed by atoms with Crippen molar-refractivity contribution < 1.29 is 4.74 Å². The molecule has 98 valence electrons. The Morgan fingerprint density at radius 1 is 0.895 bits per heavy atom. The molecule has 2 aromatic carbocycles. The number of ether oxygens (including phenoxy) is 1. The minimum absolute atomic E-state index is 0.652. The molecule has 0 spiro atoms. The van der Waals surface area contributed by atoms with E-state index in [0.29, 0.717) is 5.92 Å². The Balaban J connectivity index is 1.68. The smallest absolute Gasteiger partial charge is 0.127 e. The summed E-state index contributed by atoms with van der Waals surface area (Å²) in [5, 5.41) is 3.46. The van der Waals surface area contributed by atoms with Crippen molar-refractivity contribution in [1.29, 1.82) is 0 Å². The first-order valence-corrected chi connectivity index (χ1v) is 6.95. The first kappa shape index (κ1) is 12.2. The van der Waals surface area contributed by atoms with Gasteiger partial charge in [-0.3, -0.25) is 0 Å². The molecule has 1 fully saturated rings. The van der Waals surface area contributed by atoms with Gasteiger partial charge in [-0.2, -0.15) is 0 Å². The summed E-state index contributed by atoms with van der Waals surface area (Å²) in [6.07, 6.45) is 2.55. The molecule has 1 saturated heterocycles. The fourth-order valence-electron chi connectivity index (χ4n) is 2.57. The highest BCUT2D eigenvalue weighted by molar-refractivity contribution is 5.34. The van der Waals surface area contributed by atoms with Crippen LogP contribution >= 0.6 is 0 Å². The monoisotopic (exact) mass is 253 g/mol. The SMILES string of the molecule is c1ccc(Oc2ccc(C3CCCNC3)cc2)cc1. The van der Waals surface area contributed by atoms with Gasteiger partial charge in [-0.1, -0.05) is 30.3 Å². The lowest BCUT2D eigenvalue weighted by Gasteiger charge is -2.23. The van der Waals surface area contributed by atoms with E-state index >= 15 is 0 Å². The summed E-state index contributed by atoms with van der Waals surface area (Å²) in [5.41, 5.74) is 1.41. The van der Waals surface area contributed by atoms with E-state index in [-0.39, 0.29) is 0 Å². The van der Waals surface area contributed by atoms with E-state index in [9.17, 15) is 0 Å². The zero-order chi connectivity index (χ0) is 12.9. The third-order valence-corrected chi connectivity index (χ3v) is 3.63. The Hall–Kier alpha value is -1.80. The molecule has 1 unspecified atom stereocenters. The van der Waals surface area contributed by atoms with Crippen LogP contribution in [0.3, 0.4) is 0 Å². The number of nitrogens with one attached hydrogen (secondary N) is 1. The normalized spacial score (nSPS) is 19.1. The number of piperidine rings is 1. The lowest BCUT2D eigenvalue weighted by molar-refractivity contribution is 0.459. The Morgan fingerprint density at radius 2 is 1.63 bits per heavy atom. The number of para-hydroxylation sites is 1. The molecule has 1 heterocycles. The standard InChI is InChI=1S/C17H19NO/c1-2-6-16(7-3-1)19-17-10-8-14(9-11-17)15-5-4-12-18-13-15/h1-3,6-11,15,18H,4-5,12-13H2. The lowest BCUT2D eigenvalue weighted by Crippen LogP contribution is -2.28. The summed E-state index contributed by atoms with van der Waals surface area (Å²) in [6, 6.07) is 18.4. The second kappa shape index (κ2) is 5.89. The molecule has 19 heavy (non-hydrogen) atoms. The molecular weight excluding hydrogens is 234 g/mol. The summed E-state index contributed by atoms with van der Waals surface area (Å²) < 4.78 is 5.81. The van der Waals surface area contributed by atoms with Crippen LogP contribution in [0.5, 0.6) is 11.5 Å². The first-order chi connectivity index (χ1) is 9.42. The van der Waals surface area contributed by atoms with Gasteiger partial charge in [0.2, 0.25) is 0 Å². The molecule has 3 rings (SSSR count). The molecule has 0 aromatic heterocycles. The van der Waals surface area contributed by atoms with Gasteiger partial charge in [0.15, 0.2) is 0 Å². The second-order valence-corrected chi connectivity index (χ2v) is 5.03. The third-order valence-electron chi connectivity index (χ3n) is 3.63. The first-order valence-electron chi connectivity index (χ1n) is 6.95. The summed E-state index contributed by atoms with van der Waals surface area (Å²) in [6.45, 7) is 2.25. The van der Waals surface area contributed by atoms with Crippen LogP contribution in [0, 0.1) is 0 Å². The van der Waals surface area contributed by atoms with E-state index in [2.05, 4.69) is 29.6 Å². The molecule has 0 aliphatic carbocycles. The fourth-order valence-corrected chi connectivity index (χ4v) is 2.57. The van der Waals surface area contributed by atoms with E-state index in [1.165, 1.54) is 18.4 Å².